The van der Waals surface area contributed by atoms with Gasteiger partial charge in [-0.25, -0.2) is 4.79 Å². The number of hydrogen-bond acceptors (Lipinski definition) is 4. The van der Waals surface area contributed by atoms with Crippen LogP contribution in [-0.2, 0) is 11.8 Å². The highest BCUT2D eigenvalue weighted by Gasteiger charge is 2.36. The lowest BCUT2D eigenvalue weighted by molar-refractivity contribution is -0.126. The molecule has 138 valence electrons. The Kier molecular flexibility index (Phi) is 5.27. The van der Waals surface area contributed by atoms with Crippen molar-refractivity contribution in [3.05, 3.63) is 12.4 Å². The minimum Gasteiger partial charge on any atom is -0.336 e. The van der Waals surface area contributed by atoms with E-state index in [4.69, 9.17) is 0 Å². The van der Waals surface area contributed by atoms with Crippen molar-refractivity contribution in [2.24, 2.45) is 7.05 Å². The van der Waals surface area contributed by atoms with E-state index in [9.17, 15) is 9.59 Å². The van der Waals surface area contributed by atoms with Crippen LogP contribution in [0.3, 0.4) is 0 Å². The summed E-state index contributed by atoms with van der Waals surface area (Å²) < 4.78 is 1.72. The predicted molar refractivity (Wildman–Crippen MR) is 95.4 cm³/mol. The zero-order valence-corrected chi connectivity index (χ0v) is 15.3. The second-order valence-electron chi connectivity index (χ2n) is 7.15. The third kappa shape index (κ3) is 3.95. The molecule has 0 radical (unpaired) electrons. The average Bonchev–Trinajstić information content (AvgIpc) is 3.01. The molecule has 8 heteroatoms. The third-order valence-electron chi connectivity index (χ3n) is 4.87. The first kappa shape index (κ1) is 17.7. The van der Waals surface area contributed by atoms with Gasteiger partial charge in [0.1, 0.15) is 0 Å². The van der Waals surface area contributed by atoms with Gasteiger partial charge in [-0.1, -0.05) is 0 Å². The first-order chi connectivity index (χ1) is 12.0. The number of anilines is 1. The van der Waals surface area contributed by atoms with Crippen LogP contribution in [0.1, 0.15) is 26.7 Å². The van der Waals surface area contributed by atoms with Crippen molar-refractivity contribution < 1.29 is 9.59 Å². The maximum absolute atomic E-state index is 12.9. The van der Waals surface area contributed by atoms with Gasteiger partial charge in [-0.15, -0.1) is 0 Å². The van der Waals surface area contributed by atoms with Crippen molar-refractivity contribution in [1.29, 1.82) is 0 Å². The summed E-state index contributed by atoms with van der Waals surface area (Å²) in [7, 11) is 1.86. The van der Waals surface area contributed by atoms with Gasteiger partial charge in [0.25, 0.3) is 0 Å². The Morgan fingerprint density at radius 1 is 1.24 bits per heavy atom. The first-order valence-electron chi connectivity index (χ1n) is 9.05. The van der Waals surface area contributed by atoms with Crippen LogP contribution in [0, 0.1) is 0 Å². The third-order valence-corrected chi connectivity index (χ3v) is 4.87. The van der Waals surface area contributed by atoms with E-state index >= 15 is 0 Å². The fraction of sp³-hybridized carbons (Fsp3) is 0.706. The molecule has 1 aromatic heterocycles. The summed E-state index contributed by atoms with van der Waals surface area (Å²) in [6.07, 6.45) is 5.50. The Hall–Kier alpha value is -2.09. The molecular formula is C17H28N6O2. The minimum atomic E-state index is -0.0933. The van der Waals surface area contributed by atoms with Crippen molar-refractivity contribution in [3.63, 3.8) is 0 Å². The minimum absolute atomic E-state index is 0.0124. The largest absolute Gasteiger partial charge is 0.336 e. The van der Waals surface area contributed by atoms with Crippen LogP contribution in [0.4, 0.5) is 10.5 Å². The first-order valence-corrected chi connectivity index (χ1v) is 9.05. The van der Waals surface area contributed by atoms with Gasteiger partial charge in [-0.3, -0.25) is 14.4 Å². The second kappa shape index (κ2) is 7.43. The molecule has 0 bridgehead atoms. The number of carbonyl (C=O) groups is 2. The van der Waals surface area contributed by atoms with Crippen LogP contribution in [0.25, 0.3) is 0 Å². The molecule has 0 saturated carbocycles. The summed E-state index contributed by atoms with van der Waals surface area (Å²) in [5.74, 6) is 0.152. The van der Waals surface area contributed by atoms with Gasteiger partial charge in [0.15, 0.2) is 0 Å². The number of nitrogens with zero attached hydrogens (tertiary/aromatic N) is 5. The molecule has 0 aliphatic carbocycles. The number of carbonyl (C=O) groups excluding carboxylic acids is 2. The summed E-state index contributed by atoms with van der Waals surface area (Å²) in [5, 5.41) is 7.11. The van der Waals surface area contributed by atoms with Crippen molar-refractivity contribution in [2.45, 2.75) is 38.8 Å². The lowest BCUT2D eigenvalue weighted by Gasteiger charge is -2.42. The van der Waals surface area contributed by atoms with E-state index < -0.39 is 0 Å². The molecule has 2 fully saturated rings. The summed E-state index contributed by atoms with van der Waals surface area (Å²) in [5.41, 5.74) is 0.868. The predicted octanol–water partition coefficient (Wildman–Crippen LogP) is 0.651. The van der Waals surface area contributed by atoms with Crippen LogP contribution in [0.15, 0.2) is 12.4 Å². The zero-order valence-electron chi connectivity index (χ0n) is 15.3. The molecule has 1 atom stereocenters. The summed E-state index contributed by atoms with van der Waals surface area (Å²) in [6, 6.07) is 0.0318. The number of amides is 3. The van der Waals surface area contributed by atoms with Crippen LogP contribution in [0.5, 0.6) is 0 Å². The van der Waals surface area contributed by atoms with Crippen molar-refractivity contribution in [1.82, 2.24) is 24.9 Å². The van der Waals surface area contributed by atoms with Gasteiger partial charge in [-0.05, 0) is 26.7 Å². The molecule has 0 unspecified atom stereocenters. The molecule has 2 aliphatic heterocycles. The van der Waals surface area contributed by atoms with Crippen LogP contribution in [0.2, 0.25) is 0 Å². The quantitative estimate of drug-likeness (QED) is 0.870. The normalized spacial score (nSPS) is 22.6. The standard InChI is InChI=1S/C17H28N6O2/c1-13(2)19-17(25)22-9-7-21(8-10-22)15-5-4-6-23(16(15)24)14-11-18-20(3)12-14/h11-13,15H,4-10H2,1-3H3,(H,19,25)/t15-/m1/s1. The Labute approximate surface area is 148 Å². The number of piperazine rings is 1. The van der Waals surface area contributed by atoms with Crippen molar-refractivity contribution in [2.75, 3.05) is 37.6 Å². The maximum Gasteiger partial charge on any atom is 0.317 e. The number of aryl methyl sites for hydroxylation is 1. The molecule has 0 spiro atoms. The summed E-state index contributed by atoms with van der Waals surface area (Å²) in [6.45, 7) is 7.47. The van der Waals surface area contributed by atoms with Crippen LogP contribution >= 0.6 is 0 Å². The van der Waals surface area contributed by atoms with Crippen LogP contribution < -0.4 is 10.2 Å². The van der Waals surface area contributed by atoms with Gasteiger partial charge >= 0.3 is 6.03 Å². The molecule has 1 N–H and O–H groups in total. The fourth-order valence-corrected chi connectivity index (χ4v) is 3.57. The molecule has 3 rings (SSSR count). The van der Waals surface area contributed by atoms with Gasteiger partial charge in [0, 0.05) is 52.0 Å². The lowest BCUT2D eigenvalue weighted by Crippen LogP contribution is -2.59. The van der Waals surface area contributed by atoms with E-state index in [0.717, 1.165) is 38.2 Å². The number of nitrogens with one attached hydrogen (secondary N) is 1. The Bertz CT molecular complexity index is 620. The molecule has 2 saturated heterocycles. The molecule has 0 aromatic carbocycles. The topological polar surface area (TPSA) is 73.7 Å². The number of aromatic nitrogens is 2. The fourth-order valence-electron chi connectivity index (χ4n) is 3.57. The Morgan fingerprint density at radius 2 is 1.96 bits per heavy atom. The van der Waals surface area contributed by atoms with E-state index in [1.165, 1.54) is 0 Å². The van der Waals surface area contributed by atoms with E-state index in [-0.39, 0.29) is 24.0 Å². The van der Waals surface area contributed by atoms with E-state index in [1.54, 1.807) is 10.9 Å². The molecule has 3 heterocycles. The molecular weight excluding hydrogens is 320 g/mol. The number of rotatable bonds is 3. The van der Waals surface area contributed by atoms with Crippen molar-refractivity contribution in [3.8, 4) is 0 Å². The van der Waals surface area contributed by atoms with E-state index in [0.29, 0.717) is 13.1 Å². The van der Waals surface area contributed by atoms with Gasteiger partial charge < -0.3 is 15.1 Å². The highest BCUT2D eigenvalue weighted by Crippen LogP contribution is 2.24. The number of piperidine rings is 1. The Balaban J connectivity index is 1.59. The van der Waals surface area contributed by atoms with Crippen LogP contribution in [-0.4, -0.2) is 76.3 Å². The molecule has 2 aliphatic rings. The number of hydrogen-bond donors (Lipinski definition) is 1. The van der Waals surface area contributed by atoms with E-state index in [1.807, 2.05) is 36.9 Å². The Morgan fingerprint density at radius 3 is 2.56 bits per heavy atom. The van der Waals surface area contributed by atoms with Gasteiger partial charge in [0.2, 0.25) is 5.91 Å². The smallest absolute Gasteiger partial charge is 0.317 e. The van der Waals surface area contributed by atoms with Gasteiger partial charge in [-0.2, -0.15) is 5.10 Å². The highest BCUT2D eigenvalue weighted by atomic mass is 16.2. The molecule has 25 heavy (non-hydrogen) atoms. The molecule has 3 amide bonds. The van der Waals surface area contributed by atoms with Crippen molar-refractivity contribution >= 4 is 17.6 Å². The lowest BCUT2D eigenvalue weighted by atomic mass is 10.0. The number of urea groups is 1. The second-order valence-corrected chi connectivity index (χ2v) is 7.15. The van der Waals surface area contributed by atoms with Gasteiger partial charge in [0.05, 0.1) is 17.9 Å². The monoisotopic (exact) mass is 348 g/mol. The zero-order chi connectivity index (χ0) is 18.0. The maximum atomic E-state index is 12.9. The summed E-state index contributed by atoms with van der Waals surface area (Å²) in [4.78, 5) is 31.0. The molecule has 8 nitrogen and oxygen atoms in total. The van der Waals surface area contributed by atoms with E-state index in [2.05, 4.69) is 15.3 Å². The summed E-state index contributed by atoms with van der Waals surface area (Å²) >= 11 is 0. The highest BCUT2D eigenvalue weighted by molar-refractivity contribution is 5.97. The molecule has 1 aromatic rings. The SMILES string of the molecule is CC(C)NC(=O)N1CCN([C@@H]2CCCN(c3cnn(C)c3)C2=O)CC1. The average molecular weight is 348 g/mol.